The number of carbonyl (C=O) groups excluding carboxylic acids is 1. The summed E-state index contributed by atoms with van der Waals surface area (Å²) in [5.41, 5.74) is 0.445. The van der Waals surface area contributed by atoms with Crippen molar-refractivity contribution in [3.63, 3.8) is 0 Å². The minimum atomic E-state index is -0.288. The van der Waals surface area contributed by atoms with E-state index in [4.69, 9.17) is 0 Å². The van der Waals surface area contributed by atoms with Crippen LogP contribution >= 0.6 is 15.9 Å². The zero-order chi connectivity index (χ0) is 10.8. The van der Waals surface area contributed by atoms with Crippen molar-refractivity contribution in [1.29, 1.82) is 0 Å². The lowest BCUT2D eigenvalue weighted by Crippen LogP contribution is -2.12. The van der Waals surface area contributed by atoms with Gasteiger partial charge >= 0.3 is 0 Å². The summed E-state index contributed by atoms with van der Waals surface area (Å²) in [6.07, 6.45) is 2.85. The Bertz CT molecular complexity index is 477. The smallest absolute Gasteiger partial charge is 0.261 e. The number of carbonyl (C=O) groups is 1. The molecule has 7 heteroatoms. The Morgan fingerprint density at radius 1 is 1.67 bits per heavy atom. The van der Waals surface area contributed by atoms with Crippen molar-refractivity contribution in [3.05, 3.63) is 28.7 Å². The van der Waals surface area contributed by atoms with Gasteiger partial charge in [-0.05, 0) is 15.9 Å². The summed E-state index contributed by atoms with van der Waals surface area (Å²) in [6, 6.07) is 1.56. The molecule has 0 radical (unpaired) electrons. The Morgan fingerprint density at radius 2 is 2.47 bits per heavy atom. The molecule has 0 saturated carbocycles. The number of aromatic nitrogens is 3. The Kier molecular flexibility index (Phi) is 2.55. The topological polar surface area (TPSA) is 73.0 Å². The number of nitrogens with one attached hydrogen (secondary N) is 1. The minimum Gasteiger partial charge on any atom is -0.363 e. The molecular weight excluding hydrogens is 264 g/mol. The van der Waals surface area contributed by atoms with Gasteiger partial charge in [0.05, 0.1) is 11.8 Å². The van der Waals surface area contributed by atoms with Crippen molar-refractivity contribution in [2.24, 2.45) is 7.05 Å². The maximum atomic E-state index is 11.7. The molecule has 0 spiro atoms. The molecule has 2 heterocycles. The fraction of sp³-hybridized carbons (Fsp3) is 0.125. The molecule has 0 aromatic carbocycles. The van der Waals surface area contributed by atoms with Gasteiger partial charge < -0.3 is 9.84 Å². The Morgan fingerprint density at radius 3 is 3.00 bits per heavy atom. The molecular formula is C8H7BrN4O2. The molecule has 6 nitrogen and oxygen atoms in total. The van der Waals surface area contributed by atoms with E-state index in [1.54, 1.807) is 17.8 Å². The van der Waals surface area contributed by atoms with Crippen LogP contribution in [0.25, 0.3) is 0 Å². The number of anilines is 1. The first-order valence-corrected chi connectivity index (χ1v) is 4.87. The molecule has 0 aliphatic heterocycles. The maximum Gasteiger partial charge on any atom is 0.261 e. The first-order valence-electron chi connectivity index (χ1n) is 4.07. The number of hydrogen-bond donors (Lipinski definition) is 1. The fourth-order valence-corrected chi connectivity index (χ4v) is 1.41. The van der Waals surface area contributed by atoms with Crippen LogP contribution in [-0.2, 0) is 7.05 Å². The first kappa shape index (κ1) is 9.91. The largest absolute Gasteiger partial charge is 0.363 e. The lowest BCUT2D eigenvalue weighted by molar-refractivity contribution is 0.102. The molecule has 0 atom stereocenters. The molecule has 2 rings (SSSR count). The standard InChI is InChI=1S/C8H7BrN4O2/c1-13-7(9)5(4-10-13)8(14)11-6-2-3-15-12-6/h2-4H,1H3,(H,11,12,14). The van der Waals surface area contributed by atoms with E-state index in [1.165, 1.54) is 12.5 Å². The van der Waals surface area contributed by atoms with Gasteiger partial charge in [-0.2, -0.15) is 5.10 Å². The van der Waals surface area contributed by atoms with Crippen LogP contribution in [0.1, 0.15) is 10.4 Å². The van der Waals surface area contributed by atoms with Crippen molar-refractivity contribution in [2.45, 2.75) is 0 Å². The van der Waals surface area contributed by atoms with Crippen LogP contribution in [0.4, 0.5) is 5.82 Å². The number of nitrogens with zero attached hydrogens (tertiary/aromatic N) is 3. The molecule has 15 heavy (non-hydrogen) atoms. The van der Waals surface area contributed by atoms with Crippen LogP contribution in [0.2, 0.25) is 0 Å². The van der Waals surface area contributed by atoms with Gasteiger partial charge in [-0.15, -0.1) is 0 Å². The van der Waals surface area contributed by atoms with E-state index in [0.717, 1.165) is 0 Å². The third-order valence-electron chi connectivity index (χ3n) is 1.79. The van der Waals surface area contributed by atoms with E-state index >= 15 is 0 Å². The average Bonchev–Trinajstić information content (AvgIpc) is 2.79. The zero-order valence-electron chi connectivity index (χ0n) is 7.77. The van der Waals surface area contributed by atoms with Crippen LogP contribution in [0.15, 0.2) is 27.7 Å². The lowest BCUT2D eigenvalue weighted by Gasteiger charge is -1.98. The first-order chi connectivity index (χ1) is 7.18. The predicted molar refractivity (Wildman–Crippen MR) is 55.4 cm³/mol. The van der Waals surface area contributed by atoms with Crippen molar-refractivity contribution in [2.75, 3.05) is 5.32 Å². The van der Waals surface area contributed by atoms with Crippen molar-refractivity contribution >= 4 is 27.7 Å². The molecule has 0 bridgehead atoms. The van der Waals surface area contributed by atoms with Crippen LogP contribution in [0, 0.1) is 0 Å². The summed E-state index contributed by atoms with van der Waals surface area (Å²) >= 11 is 3.25. The Balaban J connectivity index is 2.19. The summed E-state index contributed by atoms with van der Waals surface area (Å²) < 4.78 is 6.76. The van der Waals surface area contributed by atoms with Gasteiger partial charge in [0.2, 0.25) is 0 Å². The highest BCUT2D eigenvalue weighted by molar-refractivity contribution is 9.10. The predicted octanol–water partition coefficient (Wildman–Crippen LogP) is 1.42. The summed E-state index contributed by atoms with van der Waals surface area (Å²) in [5.74, 6) is 0.0830. The van der Waals surface area contributed by atoms with Crippen molar-refractivity contribution < 1.29 is 9.32 Å². The molecule has 0 unspecified atom stereocenters. The number of halogens is 1. The highest BCUT2D eigenvalue weighted by atomic mass is 79.9. The second-order valence-electron chi connectivity index (χ2n) is 2.81. The molecule has 0 fully saturated rings. The average molecular weight is 271 g/mol. The molecule has 2 aromatic rings. The third kappa shape index (κ3) is 1.91. The van der Waals surface area contributed by atoms with E-state index in [9.17, 15) is 4.79 Å². The zero-order valence-corrected chi connectivity index (χ0v) is 9.35. The van der Waals surface area contributed by atoms with Crippen LogP contribution in [0.3, 0.4) is 0 Å². The van der Waals surface area contributed by atoms with Gasteiger partial charge in [0.1, 0.15) is 10.9 Å². The van der Waals surface area contributed by atoms with E-state index in [2.05, 4.69) is 36.0 Å². The van der Waals surface area contributed by atoms with E-state index in [1.807, 2.05) is 0 Å². The molecule has 0 aliphatic rings. The van der Waals surface area contributed by atoms with Crippen molar-refractivity contribution in [3.8, 4) is 0 Å². The third-order valence-corrected chi connectivity index (χ3v) is 2.73. The maximum absolute atomic E-state index is 11.7. The van der Waals surface area contributed by atoms with Crippen LogP contribution in [-0.4, -0.2) is 20.8 Å². The van der Waals surface area contributed by atoms with Gasteiger partial charge in [0.25, 0.3) is 5.91 Å². The number of rotatable bonds is 2. The monoisotopic (exact) mass is 270 g/mol. The highest BCUT2D eigenvalue weighted by Crippen LogP contribution is 2.16. The number of amides is 1. The van der Waals surface area contributed by atoms with Crippen LogP contribution < -0.4 is 5.32 Å². The molecule has 1 amide bonds. The SMILES string of the molecule is Cn1ncc(C(=O)Nc2ccon2)c1Br. The van der Waals surface area contributed by atoms with Crippen LogP contribution in [0.5, 0.6) is 0 Å². The summed E-state index contributed by atoms with van der Waals surface area (Å²) in [6.45, 7) is 0. The van der Waals surface area contributed by atoms with Gasteiger partial charge in [-0.25, -0.2) is 0 Å². The number of hydrogen-bond acceptors (Lipinski definition) is 4. The fourth-order valence-electron chi connectivity index (χ4n) is 1.04. The summed E-state index contributed by atoms with van der Waals surface area (Å²) in [5, 5.41) is 10.1. The normalized spacial score (nSPS) is 10.3. The highest BCUT2D eigenvalue weighted by Gasteiger charge is 2.14. The molecule has 0 aliphatic carbocycles. The van der Waals surface area contributed by atoms with Gasteiger partial charge in [0, 0.05) is 13.1 Å². The molecule has 2 aromatic heterocycles. The summed E-state index contributed by atoms with van der Waals surface area (Å²) in [7, 11) is 1.73. The number of aryl methyl sites for hydroxylation is 1. The second-order valence-corrected chi connectivity index (χ2v) is 3.56. The molecule has 78 valence electrons. The quantitative estimate of drug-likeness (QED) is 0.896. The lowest BCUT2D eigenvalue weighted by atomic mass is 10.3. The minimum absolute atomic E-state index is 0.288. The van der Waals surface area contributed by atoms with Gasteiger partial charge in [-0.1, -0.05) is 5.16 Å². The Hall–Kier alpha value is -1.63. The second kappa shape index (κ2) is 3.85. The molecule has 0 saturated heterocycles. The molecule has 1 N–H and O–H groups in total. The van der Waals surface area contributed by atoms with Gasteiger partial charge in [-0.3, -0.25) is 9.48 Å². The van der Waals surface area contributed by atoms with E-state index in [-0.39, 0.29) is 5.91 Å². The van der Waals surface area contributed by atoms with Crippen molar-refractivity contribution in [1.82, 2.24) is 14.9 Å². The Labute approximate surface area is 93.4 Å². The van der Waals surface area contributed by atoms with Gasteiger partial charge in [0.15, 0.2) is 5.82 Å². The van der Waals surface area contributed by atoms with E-state index in [0.29, 0.717) is 16.0 Å². The summed E-state index contributed by atoms with van der Waals surface area (Å²) in [4.78, 5) is 11.7. The van der Waals surface area contributed by atoms with E-state index < -0.39 is 0 Å².